The maximum Gasteiger partial charge on any atom is 0.240 e. The molecule has 2 rings (SSSR count). The summed E-state index contributed by atoms with van der Waals surface area (Å²) in [5.41, 5.74) is 1.32. The molecule has 0 aliphatic carbocycles. The molecule has 7 heteroatoms. The molecular weight excluding hydrogens is 280 g/mol. The van der Waals surface area contributed by atoms with Gasteiger partial charge in [-0.25, -0.2) is 13.1 Å². The quantitative estimate of drug-likeness (QED) is 0.749. The average molecular weight is 298 g/mol. The van der Waals surface area contributed by atoms with Gasteiger partial charge in [0.1, 0.15) is 0 Å². The van der Waals surface area contributed by atoms with Crippen molar-refractivity contribution in [3.05, 3.63) is 23.8 Å². The van der Waals surface area contributed by atoms with Gasteiger partial charge in [-0.05, 0) is 37.1 Å². The normalized spacial score (nSPS) is 19.6. The average Bonchev–Trinajstić information content (AvgIpc) is 2.71. The molecule has 0 bridgehead atoms. The van der Waals surface area contributed by atoms with Crippen LogP contribution in [-0.4, -0.2) is 32.1 Å². The third-order valence-electron chi connectivity index (χ3n) is 3.49. The van der Waals surface area contributed by atoms with Crippen LogP contribution in [0.25, 0.3) is 0 Å². The standard InChI is InChI=1S/C13H18N2O4S/c1-3-9(7-16)15-20(18,19)10-4-5-12-11(6-10)8(2)13(17)14-12/h4-6,8-9,15-16H,3,7H2,1-2H3,(H,14,17)/t8?,9-/m1/s1. The second-order valence-electron chi connectivity index (χ2n) is 4.87. The molecule has 0 radical (unpaired) electrons. The number of hydrogen-bond donors (Lipinski definition) is 3. The summed E-state index contributed by atoms with van der Waals surface area (Å²) in [6.45, 7) is 3.27. The number of hydrogen-bond acceptors (Lipinski definition) is 4. The molecule has 1 aliphatic rings. The molecule has 6 nitrogen and oxygen atoms in total. The molecular formula is C13H18N2O4S. The van der Waals surface area contributed by atoms with Crippen molar-refractivity contribution in [2.45, 2.75) is 37.1 Å². The third kappa shape index (κ3) is 2.70. The van der Waals surface area contributed by atoms with Crippen LogP contribution in [-0.2, 0) is 14.8 Å². The van der Waals surface area contributed by atoms with E-state index in [9.17, 15) is 13.2 Å². The largest absolute Gasteiger partial charge is 0.395 e. The first-order valence-corrected chi connectivity index (χ1v) is 7.95. The molecule has 0 saturated carbocycles. The van der Waals surface area contributed by atoms with Crippen LogP contribution in [0.3, 0.4) is 0 Å². The monoisotopic (exact) mass is 298 g/mol. The minimum Gasteiger partial charge on any atom is -0.395 e. The Kier molecular flexibility index (Phi) is 4.12. The van der Waals surface area contributed by atoms with Crippen LogP contribution in [0.15, 0.2) is 23.1 Å². The fourth-order valence-corrected chi connectivity index (χ4v) is 3.44. The van der Waals surface area contributed by atoms with Crippen LogP contribution in [0.4, 0.5) is 5.69 Å². The second kappa shape index (κ2) is 5.51. The van der Waals surface area contributed by atoms with Gasteiger partial charge in [0.15, 0.2) is 0 Å². The number of aliphatic hydroxyl groups is 1. The molecule has 1 unspecified atom stereocenters. The number of carbonyl (C=O) groups excluding carboxylic acids is 1. The lowest BCUT2D eigenvalue weighted by Crippen LogP contribution is -2.36. The van der Waals surface area contributed by atoms with Gasteiger partial charge >= 0.3 is 0 Å². The zero-order chi connectivity index (χ0) is 14.9. The Labute approximate surface area is 118 Å². The lowest BCUT2D eigenvalue weighted by atomic mass is 10.0. The number of carbonyl (C=O) groups is 1. The van der Waals surface area contributed by atoms with Crippen molar-refractivity contribution in [2.75, 3.05) is 11.9 Å². The molecule has 0 saturated heterocycles. The summed E-state index contributed by atoms with van der Waals surface area (Å²) in [7, 11) is -3.70. The summed E-state index contributed by atoms with van der Waals surface area (Å²) in [4.78, 5) is 11.7. The van der Waals surface area contributed by atoms with Crippen molar-refractivity contribution in [2.24, 2.45) is 0 Å². The summed E-state index contributed by atoms with van der Waals surface area (Å²) in [6.07, 6.45) is 0.497. The molecule has 1 amide bonds. The van der Waals surface area contributed by atoms with E-state index < -0.39 is 16.1 Å². The lowest BCUT2D eigenvalue weighted by Gasteiger charge is -2.15. The highest BCUT2D eigenvalue weighted by Gasteiger charge is 2.28. The lowest BCUT2D eigenvalue weighted by molar-refractivity contribution is -0.116. The van der Waals surface area contributed by atoms with Crippen molar-refractivity contribution < 1.29 is 18.3 Å². The van der Waals surface area contributed by atoms with E-state index in [0.717, 1.165) is 0 Å². The Morgan fingerprint density at radius 2 is 2.15 bits per heavy atom. The molecule has 1 heterocycles. The van der Waals surface area contributed by atoms with Crippen LogP contribution >= 0.6 is 0 Å². The summed E-state index contributed by atoms with van der Waals surface area (Å²) in [5, 5.41) is 11.8. The molecule has 1 aromatic carbocycles. The Hall–Kier alpha value is -1.44. The molecule has 20 heavy (non-hydrogen) atoms. The van der Waals surface area contributed by atoms with E-state index in [1.807, 2.05) is 0 Å². The van der Waals surface area contributed by atoms with E-state index in [2.05, 4.69) is 10.0 Å². The number of rotatable bonds is 5. The molecule has 0 spiro atoms. The first-order valence-electron chi connectivity index (χ1n) is 6.47. The van der Waals surface area contributed by atoms with Gasteiger partial charge in [-0.15, -0.1) is 0 Å². The van der Waals surface area contributed by atoms with Crippen LogP contribution in [0.1, 0.15) is 31.7 Å². The van der Waals surface area contributed by atoms with Crippen molar-refractivity contribution in [1.82, 2.24) is 4.72 Å². The van der Waals surface area contributed by atoms with Crippen molar-refractivity contribution >= 4 is 21.6 Å². The Morgan fingerprint density at radius 3 is 2.75 bits per heavy atom. The van der Waals surface area contributed by atoms with E-state index >= 15 is 0 Å². The molecule has 3 N–H and O–H groups in total. The number of fused-ring (bicyclic) bond motifs is 1. The number of amides is 1. The van der Waals surface area contributed by atoms with Gasteiger partial charge in [0.2, 0.25) is 15.9 Å². The smallest absolute Gasteiger partial charge is 0.240 e. The summed E-state index contributed by atoms with van der Waals surface area (Å²) >= 11 is 0. The van der Waals surface area contributed by atoms with Gasteiger partial charge in [0.25, 0.3) is 0 Å². The van der Waals surface area contributed by atoms with Crippen molar-refractivity contribution in [1.29, 1.82) is 0 Å². The Bertz CT molecular complexity index is 623. The fraction of sp³-hybridized carbons (Fsp3) is 0.462. The van der Waals surface area contributed by atoms with E-state index in [1.54, 1.807) is 19.9 Å². The zero-order valence-corrected chi connectivity index (χ0v) is 12.2. The number of aliphatic hydroxyl groups excluding tert-OH is 1. The number of nitrogens with one attached hydrogen (secondary N) is 2. The van der Waals surface area contributed by atoms with Gasteiger partial charge in [0, 0.05) is 11.7 Å². The Morgan fingerprint density at radius 1 is 1.45 bits per heavy atom. The van der Waals surface area contributed by atoms with Gasteiger partial charge in [-0.1, -0.05) is 6.92 Å². The predicted octanol–water partition coefficient (Wildman–Crippen LogP) is 0.791. The van der Waals surface area contributed by atoms with Crippen LogP contribution < -0.4 is 10.0 Å². The topological polar surface area (TPSA) is 95.5 Å². The highest BCUT2D eigenvalue weighted by molar-refractivity contribution is 7.89. The molecule has 0 aromatic heterocycles. The SMILES string of the molecule is CC[C@H](CO)NS(=O)(=O)c1ccc2c(c1)C(C)C(=O)N2. The molecule has 0 fully saturated rings. The van der Waals surface area contributed by atoms with Crippen LogP contribution in [0.2, 0.25) is 0 Å². The van der Waals surface area contributed by atoms with E-state index in [1.165, 1.54) is 12.1 Å². The first-order chi connectivity index (χ1) is 9.39. The fourth-order valence-electron chi connectivity index (χ4n) is 2.10. The number of anilines is 1. The highest BCUT2D eigenvalue weighted by atomic mass is 32.2. The van der Waals surface area contributed by atoms with Crippen molar-refractivity contribution in [3.63, 3.8) is 0 Å². The first kappa shape index (κ1) is 15.0. The second-order valence-corrected chi connectivity index (χ2v) is 6.58. The number of sulfonamides is 1. The zero-order valence-electron chi connectivity index (χ0n) is 11.4. The summed E-state index contributed by atoms with van der Waals surface area (Å²) in [6, 6.07) is 4.03. The van der Waals surface area contributed by atoms with Gasteiger partial charge < -0.3 is 10.4 Å². The van der Waals surface area contributed by atoms with Gasteiger partial charge in [-0.2, -0.15) is 0 Å². The van der Waals surface area contributed by atoms with Crippen LogP contribution in [0.5, 0.6) is 0 Å². The Balaban J connectivity index is 2.33. The van der Waals surface area contributed by atoms with Gasteiger partial charge in [-0.3, -0.25) is 4.79 Å². The van der Waals surface area contributed by atoms with Gasteiger partial charge in [0.05, 0.1) is 17.4 Å². The third-order valence-corrected chi connectivity index (χ3v) is 5.00. The van der Waals surface area contributed by atoms with E-state index in [4.69, 9.17) is 5.11 Å². The maximum atomic E-state index is 12.2. The summed E-state index contributed by atoms with van der Waals surface area (Å²) < 4.78 is 26.9. The minimum absolute atomic E-state index is 0.103. The molecule has 1 aromatic rings. The molecule has 1 aliphatic heterocycles. The van der Waals surface area contributed by atoms with E-state index in [-0.39, 0.29) is 23.3 Å². The molecule has 2 atom stereocenters. The van der Waals surface area contributed by atoms with Crippen molar-refractivity contribution in [3.8, 4) is 0 Å². The maximum absolute atomic E-state index is 12.2. The minimum atomic E-state index is -3.70. The van der Waals surface area contributed by atoms with E-state index in [0.29, 0.717) is 17.7 Å². The highest BCUT2D eigenvalue weighted by Crippen LogP contribution is 2.33. The predicted molar refractivity (Wildman–Crippen MR) is 75.0 cm³/mol. The van der Waals surface area contributed by atoms with Crippen LogP contribution in [0, 0.1) is 0 Å². The molecule has 110 valence electrons. The summed E-state index contributed by atoms with van der Waals surface area (Å²) in [5.74, 6) is -0.496. The number of benzene rings is 1.